The molecule has 5 heteroatoms. The molecule has 0 bridgehead atoms. The maximum atomic E-state index is 5.40. The first-order valence-electron chi connectivity index (χ1n) is 6.15. The second-order valence-electron chi connectivity index (χ2n) is 5.73. The Hall–Kier alpha value is -0.680. The van der Waals surface area contributed by atoms with Gasteiger partial charge in [-0.05, 0) is 13.3 Å². The molecule has 1 fully saturated rings. The van der Waals surface area contributed by atoms with Gasteiger partial charge in [0.15, 0.2) is 0 Å². The smallest absolute Gasteiger partial charge is 0.202 e. The van der Waals surface area contributed by atoms with Crippen molar-refractivity contribution in [3.63, 3.8) is 0 Å². The molecule has 2 rings (SSSR count). The zero-order valence-electron chi connectivity index (χ0n) is 11.0. The van der Waals surface area contributed by atoms with Gasteiger partial charge in [0.1, 0.15) is 5.82 Å². The quantitative estimate of drug-likeness (QED) is 0.902. The molecule has 0 radical (unpaired) electrons. The van der Waals surface area contributed by atoms with Gasteiger partial charge in [-0.2, -0.15) is 4.37 Å². The molecule has 1 aromatic rings. The number of anilines is 1. The highest BCUT2D eigenvalue weighted by molar-refractivity contribution is 7.09. The standard InChI is InChI=1S/C12H21N3OS/c1-8(9-5-6-16-7-9)13-11-14-10(15-17-11)12(2,3)4/h8-9H,5-7H2,1-4H3,(H,13,14,15). The monoisotopic (exact) mass is 255 g/mol. The Balaban J connectivity index is 1.96. The van der Waals surface area contributed by atoms with Gasteiger partial charge in [0, 0.05) is 35.5 Å². The molecule has 2 heterocycles. The minimum absolute atomic E-state index is 0.0239. The van der Waals surface area contributed by atoms with Crippen molar-refractivity contribution in [3.05, 3.63) is 5.82 Å². The van der Waals surface area contributed by atoms with E-state index in [-0.39, 0.29) is 5.41 Å². The van der Waals surface area contributed by atoms with Crippen LogP contribution in [0.5, 0.6) is 0 Å². The van der Waals surface area contributed by atoms with Gasteiger partial charge in [0.25, 0.3) is 0 Å². The second kappa shape index (κ2) is 4.90. The van der Waals surface area contributed by atoms with Gasteiger partial charge in [-0.15, -0.1) is 0 Å². The third kappa shape index (κ3) is 3.16. The van der Waals surface area contributed by atoms with Crippen molar-refractivity contribution in [1.82, 2.24) is 9.36 Å². The fourth-order valence-corrected chi connectivity index (χ4v) is 2.70. The van der Waals surface area contributed by atoms with Crippen LogP contribution >= 0.6 is 11.5 Å². The summed E-state index contributed by atoms with van der Waals surface area (Å²) in [6.07, 6.45) is 1.14. The molecular formula is C12H21N3OS. The van der Waals surface area contributed by atoms with Crippen LogP contribution in [-0.2, 0) is 10.2 Å². The van der Waals surface area contributed by atoms with E-state index in [0.717, 1.165) is 30.6 Å². The van der Waals surface area contributed by atoms with Crippen molar-refractivity contribution in [1.29, 1.82) is 0 Å². The molecule has 2 unspecified atom stereocenters. The van der Waals surface area contributed by atoms with Crippen LogP contribution in [0.2, 0.25) is 0 Å². The molecule has 17 heavy (non-hydrogen) atoms. The first-order chi connectivity index (χ1) is 7.97. The Kier molecular flexibility index (Phi) is 3.68. The molecule has 0 amide bonds. The molecule has 1 aliphatic heterocycles. The van der Waals surface area contributed by atoms with Crippen LogP contribution in [0, 0.1) is 5.92 Å². The molecular weight excluding hydrogens is 234 g/mol. The fraction of sp³-hybridized carbons (Fsp3) is 0.833. The van der Waals surface area contributed by atoms with Crippen molar-refractivity contribution >= 4 is 16.7 Å². The summed E-state index contributed by atoms with van der Waals surface area (Å²) in [6, 6.07) is 0.401. The van der Waals surface area contributed by atoms with E-state index in [4.69, 9.17) is 4.74 Å². The average Bonchev–Trinajstić information content (AvgIpc) is 2.85. The van der Waals surface area contributed by atoms with Gasteiger partial charge in [-0.25, -0.2) is 4.98 Å². The lowest BCUT2D eigenvalue weighted by Crippen LogP contribution is -2.26. The number of hydrogen-bond acceptors (Lipinski definition) is 5. The first-order valence-corrected chi connectivity index (χ1v) is 6.92. The number of nitrogens with one attached hydrogen (secondary N) is 1. The highest BCUT2D eigenvalue weighted by Gasteiger charge is 2.24. The summed E-state index contributed by atoms with van der Waals surface area (Å²) in [5.41, 5.74) is 0.0239. The SMILES string of the molecule is CC(Nc1nc(C(C)(C)C)ns1)C1CCOC1. The lowest BCUT2D eigenvalue weighted by molar-refractivity contribution is 0.183. The Labute approximate surface area is 107 Å². The van der Waals surface area contributed by atoms with Crippen LogP contribution in [0.15, 0.2) is 0 Å². The molecule has 0 spiro atoms. The van der Waals surface area contributed by atoms with Crippen LogP contribution in [0.3, 0.4) is 0 Å². The molecule has 1 aromatic heterocycles. The number of hydrogen-bond donors (Lipinski definition) is 1. The summed E-state index contributed by atoms with van der Waals surface area (Å²) in [7, 11) is 0. The van der Waals surface area contributed by atoms with Gasteiger partial charge in [-0.3, -0.25) is 0 Å². The summed E-state index contributed by atoms with van der Waals surface area (Å²) < 4.78 is 9.81. The largest absolute Gasteiger partial charge is 0.381 e. The van der Waals surface area contributed by atoms with E-state index in [2.05, 4.69) is 42.4 Å². The summed E-state index contributed by atoms with van der Waals surface area (Å²) >= 11 is 1.45. The zero-order valence-corrected chi connectivity index (χ0v) is 11.8. The molecule has 1 aliphatic rings. The Bertz CT molecular complexity index is 366. The fourth-order valence-electron chi connectivity index (χ4n) is 1.85. The third-order valence-corrected chi connectivity index (χ3v) is 3.77. The predicted molar refractivity (Wildman–Crippen MR) is 70.6 cm³/mol. The van der Waals surface area contributed by atoms with Crippen molar-refractivity contribution in [2.45, 2.75) is 45.6 Å². The zero-order chi connectivity index (χ0) is 12.5. The Morgan fingerprint density at radius 3 is 2.76 bits per heavy atom. The van der Waals surface area contributed by atoms with Gasteiger partial charge >= 0.3 is 0 Å². The highest BCUT2D eigenvalue weighted by Crippen LogP contribution is 2.25. The van der Waals surface area contributed by atoms with E-state index >= 15 is 0 Å². The van der Waals surface area contributed by atoms with Gasteiger partial charge < -0.3 is 10.1 Å². The number of rotatable bonds is 3. The molecule has 1 N–H and O–H groups in total. The van der Waals surface area contributed by atoms with E-state index < -0.39 is 0 Å². The van der Waals surface area contributed by atoms with Gasteiger partial charge in [-0.1, -0.05) is 20.8 Å². The minimum Gasteiger partial charge on any atom is -0.381 e. The van der Waals surface area contributed by atoms with Crippen LogP contribution in [-0.4, -0.2) is 28.6 Å². The number of ether oxygens (including phenoxy) is 1. The number of nitrogens with zero attached hydrogens (tertiary/aromatic N) is 2. The lowest BCUT2D eigenvalue weighted by atomic mass is 9.96. The van der Waals surface area contributed by atoms with Crippen LogP contribution < -0.4 is 5.32 Å². The summed E-state index contributed by atoms with van der Waals surface area (Å²) in [4.78, 5) is 4.55. The molecule has 96 valence electrons. The number of aromatic nitrogens is 2. The molecule has 2 atom stereocenters. The summed E-state index contributed by atoms with van der Waals surface area (Å²) in [5.74, 6) is 1.51. The van der Waals surface area contributed by atoms with Crippen molar-refractivity contribution in [2.75, 3.05) is 18.5 Å². The van der Waals surface area contributed by atoms with E-state index in [1.165, 1.54) is 11.5 Å². The Morgan fingerprint density at radius 1 is 1.47 bits per heavy atom. The van der Waals surface area contributed by atoms with Crippen molar-refractivity contribution in [3.8, 4) is 0 Å². The van der Waals surface area contributed by atoms with Crippen molar-refractivity contribution in [2.24, 2.45) is 5.92 Å². The van der Waals surface area contributed by atoms with Crippen LogP contribution in [0.4, 0.5) is 5.13 Å². The molecule has 0 aliphatic carbocycles. The van der Waals surface area contributed by atoms with Gasteiger partial charge in [0.05, 0.1) is 6.61 Å². The van der Waals surface area contributed by atoms with Crippen molar-refractivity contribution < 1.29 is 4.74 Å². The molecule has 0 aromatic carbocycles. The van der Waals surface area contributed by atoms with Gasteiger partial charge in [0.2, 0.25) is 5.13 Å². The van der Waals surface area contributed by atoms with E-state index in [1.54, 1.807) is 0 Å². The summed E-state index contributed by atoms with van der Waals surface area (Å²) in [5, 5.41) is 4.37. The van der Waals surface area contributed by atoms with E-state index in [9.17, 15) is 0 Å². The molecule has 4 nitrogen and oxygen atoms in total. The second-order valence-corrected chi connectivity index (χ2v) is 6.48. The first kappa shape index (κ1) is 12.8. The van der Waals surface area contributed by atoms with E-state index in [0.29, 0.717) is 12.0 Å². The average molecular weight is 255 g/mol. The maximum Gasteiger partial charge on any atom is 0.202 e. The third-order valence-electron chi connectivity index (χ3n) is 3.12. The molecule has 0 saturated carbocycles. The Morgan fingerprint density at radius 2 is 2.24 bits per heavy atom. The highest BCUT2D eigenvalue weighted by atomic mass is 32.1. The normalized spacial score (nSPS) is 22.7. The summed E-state index contributed by atoms with van der Waals surface area (Å²) in [6.45, 7) is 10.3. The van der Waals surface area contributed by atoms with E-state index in [1.807, 2.05) is 0 Å². The van der Waals surface area contributed by atoms with Crippen LogP contribution in [0.25, 0.3) is 0 Å². The topological polar surface area (TPSA) is 47.0 Å². The van der Waals surface area contributed by atoms with Crippen LogP contribution in [0.1, 0.15) is 39.9 Å². The lowest BCUT2D eigenvalue weighted by Gasteiger charge is -2.18. The minimum atomic E-state index is 0.0239. The molecule has 1 saturated heterocycles. The predicted octanol–water partition coefficient (Wildman–Crippen LogP) is 2.67. The maximum absolute atomic E-state index is 5.40.